The highest BCUT2D eigenvalue weighted by Crippen LogP contribution is 2.59. The van der Waals surface area contributed by atoms with E-state index in [1.807, 2.05) is 0 Å². The molecule has 45 heavy (non-hydrogen) atoms. The lowest BCUT2D eigenvalue weighted by molar-refractivity contribution is -0.150. The van der Waals surface area contributed by atoms with Crippen molar-refractivity contribution < 1.29 is 37.5 Å². The number of alkyl halides is 2. The van der Waals surface area contributed by atoms with Crippen molar-refractivity contribution in [2.24, 2.45) is 5.92 Å². The quantitative estimate of drug-likeness (QED) is 0.303. The van der Waals surface area contributed by atoms with E-state index in [4.69, 9.17) is 9.79 Å². The number of pyridine rings is 1. The summed E-state index contributed by atoms with van der Waals surface area (Å²) in [5.74, 6) is -0.848. The molecule has 0 aliphatic carbocycles. The summed E-state index contributed by atoms with van der Waals surface area (Å²) in [6, 6.07) is 4.72. The fourth-order valence-electron chi connectivity index (χ4n) is 6.67. The number of thiophene rings is 1. The maximum atomic E-state index is 14.3. The van der Waals surface area contributed by atoms with E-state index in [0.29, 0.717) is 49.0 Å². The van der Waals surface area contributed by atoms with Crippen molar-refractivity contribution in [2.75, 3.05) is 13.1 Å². The lowest BCUT2D eigenvalue weighted by atomic mass is 9.88. The van der Waals surface area contributed by atoms with Crippen molar-refractivity contribution in [1.82, 2.24) is 20.1 Å². The highest BCUT2D eigenvalue weighted by molar-refractivity contribution is 7.52. The molecule has 240 valence electrons. The lowest BCUT2D eigenvalue weighted by Gasteiger charge is -2.42. The number of nitrogens with one attached hydrogen (secondary N) is 2. The molecule has 0 spiro atoms. The van der Waals surface area contributed by atoms with Crippen LogP contribution in [0, 0.1) is 5.92 Å². The summed E-state index contributed by atoms with van der Waals surface area (Å²) in [5.41, 5.74) is -3.95. The van der Waals surface area contributed by atoms with Gasteiger partial charge in [-0.2, -0.15) is 8.78 Å². The molecule has 1 aromatic carbocycles. The number of halogens is 2. The molecule has 2 aromatic heterocycles. The largest absolute Gasteiger partial charge is 0.399 e. The summed E-state index contributed by atoms with van der Waals surface area (Å²) in [4.78, 5) is 77.8. The van der Waals surface area contributed by atoms with Gasteiger partial charge in [0.05, 0.1) is 4.88 Å². The third-order valence-corrected chi connectivity index (χ3v) is 11.2. The second-order valence-electron chi connectivity index (χ2n) is 12.0. The highest BCUT2D eigenvalue weighted by atomic mass is 32.1. The maximum absolute atomic E-state index is 14.3. The Morgan fingerprint density at radius 3 is 2.62 bits per heavy atom. The minimum absolute atomic E-state index is 0.153. The van der Waals surface area contributed by atoms with Crippen LogP contribution in [-0.4, -0.2) is 67.5 Å². The fourth-order valence-corrected chi connectivity index (χ4v) is 8.09. The number of rotatable bonds is 5. The molecule has 3 aliphatic rings. The lowest BCUT2D eigenvalue weighted by Crippen LogP contribution is -2.59. The molecule has 4 N–H and O–H groups in total. The van der Waals surface area contributed by atoms with Gasteiger partial charge in [-0.15, -0.1) is 11.3 Å². The zero-order valence-electron chi connectivity index (χ0n) is 24.2. The van der Waals surface area contributed by atoms with Gasteiger partial charge < -0.3 is 29.9 Å². The van der Waals surface area contributed by atoms with Crippen LogP contribution in [0.4, 0.5) is 8.78 Å². The third-order valence-electron chi connectivity index (χ3n) is 9.12. The van der Waals surface area contributed by atoms with Gasteiger partial charge in [0.2, 0.25) is 11.8 Å². The van der Waals surface area contributed by atoms with Crippen molar-refractivity contribution >= 4 is 46.7 Å². The first kappa shape index (κ1) is 31.5. The highest BCUT2D eigenvalue weighted by Gasteiger charge is 2.50. The molecule has 3 aliphatic heterocycles. The van der Waals surface area contributed by atoms with E-state index in [2.05, 4.69) is 10.3 Å². The Labute approximate surface area is 260 Å². The second kappa shape index (κ2) is 12.1. The molecule has 15 heteroatoms. The van der Waals surface area contributed by atoms with Crippen LogP contribution in [0.5, 0.6) is 0 Å². The number of aromatic nitrogens is 1. The molecule has 2 bridgehead atoms. The summed E-state index contributed by atoms with van der Waals surface area (Å²) in [5, 5.41) is 3.03. The van der Waals surface area contributed by atoms with E-state index < -0.39 is 36.8 Å². The molecule has 3 amide bonds. The number of carbonyl (C=O) groups excluding carboxylic acids is 3. The van der Waals surface area contributed by atoms with Crippen molar-refractivity contribution in [3.05, 3.63) is 68.4 Å². The Morgan fingerprint density at radius 2 is 1.84 bits per heavy atom. The smallest absolute Gasteiger partial charge is 0.340 e. The van der Waals surface area contributed by atoms with Gasteiger partial charge in [-0.1, -0.05) is 18.9 Å². The minimum atomic E-state index is -5.76. The molecule has 2 fully saturated rings. The molecule has 0 saturated carbocycles. The van der Waals surface area contributed by atoms with Crippen LogP contribution in [0.3, 0.4) is 0 Å². The number of nitrogens with zero attached hydrogens (tertiary/aromatic N) is 2. The van der Waals surface area contributed by atoms with E-state index in [1.165, 1.54) is 12.1 Å². The first-order valence-corrected chi connectivity index (χ1v) is 17.3. The Morgan fingerprint density at radius 1 is 1.07 bits per heavy atom. The molecule has 3 aromatic rings. The molecule has 0 radical (unpaired) electrons. The van der Waals surface area contributed by atoms with E-state index in [0.717, 1.165) is 48.3 Å². The number of H-pyrrole nitrogens is 1. The summed E-state index contributed by atoms with van der Waals surface area (Å²) in [6.07, 6.45) is 6.15. The summed E-state index contributed by atoms with van der Waals surface area (Å²) < 4.78 is 40.4. The molecular formula is C30H33F2N4O7PS. The fraction of sp³-hybridized carbons (Fsp3) is 0.467. The Bertz CT molecular complexity index is 1770. The number of aromatic amines is 1. The first-order chi connectivity index (χ1) is 21.3. The van der Waals surface area contributed by atoms with Crippen molar-refractivity contribution in [3.63, 3.8) is 0 Å². The predicted octanol–water partition coefficient (Wildman–Crippen LogP) is 3.68. The van der Waals surface area contributed by atoms with Crippen molar-refractivity contribution in [1.29, 1.82) is 0 Å². The molecule has 1 unspecified atom stereocenters. The normalized spacial score (nSPS) is 22.8. The molecular weight excluding hydrogens is 629 g/mol. The van der Waals surface area contributed by atoms with Crippen LogP contribution in [0.2, 0.25) is 0 Å². The molecule has 3 atom stereocenters. The van der Waals surface area contributed by atoms with Gasteiger partial charge >= 0.3 is 13.3 Å². The molecule has 5 heterocycles. The number of hydrogen-bond donors (Lipinski definition) is 4. The van der Waals surface area contributed by atoms with Crippen molar-refractivity contribution in [2.45, 2.75) is 69.2 Å². The van der Waals surface area contributed by atoms with Crippen LogP contribution in [-0.2, 0) is 32.8 Å². The number of fused-ring (bicyclic) bond motifs is 4. The predicted molar refractivity (Wildman–Crippen MR) is 162 cm³/mol. The average molecular weight is 663 g/mol. The van der Waals surface area contributed by atoms with Crippen LogP contribution in [0.25, 0.3) is 10.1 Å². The van der Waals surface area contributed by atoms with Gasteiger partial charge in [-0.3, -0.25) is 23.7 Å². The Balaban J connectivity index is 1.21. The Hall–Kier alpha value is -3.45. The zero-order valence-corrected chi connectivity index (χ0v) is 25.9. The van der Waals surface area contributed by atoms with E-state index in [1.54, 1.807) is 22.1 Å². The molecule has 11 nitrogen and oxygen atoms in total. The zero-order chi connectivity index (χ0) is 32.1. The van der Waals surface area contributed by atoms with E-state index in [9.17, 15) is 32.5 Å². The Kier molecular flexibility index (Phi) is 8.44. The SMILES string of the molecule is O=C(NC1CCCC[C@@H]2CC[C@@H](C(=O)N3CCc4c(cc[nH]c4=O)C3)N(C2)C1=O)c1cc2cc(C(F)(F)P(=O)(O)O)ccc2s1. The summed E-state index contributed by atoms with van der Waals surface area (Å²) >= 11 is 1.01. The van der Waals surface area contributed by atoms with Crippen LogP contribution < -0.4 is 10.9 Å². The second-order valence-corrected chi connectivity index (χ2v) is 14.8. The molecule has 2 saturated heterocycles. The van der Waals surface area contributed by atoms with Gasteiger partial charge in [-0.05, 0) is 73.2 Å². The summed E-state index contributed by atoms with van der Waals surface area (Å²) in [7, 11) is -5.76. The van der Waals surface area contributed by atoms with Crippen LogP contribution in [0.15, 0.2) is 41.3 Å². The van der Waals surface area contributed by atoms with Gasteiger partial charge in [-0.25, -0.2) is 0 Å². The number of benzene rings is 1. The van der Waals surface area contributed by atoms with E-state index >= 15 is 0 Å². The van der Waals surface area contributed by atoms with Crippen molar-refractivity contribution in [3.8, 4) is 0 Å². The molecule has 6 rings (SSSR count). The average Bonchev–Trinajstić information content (AvgIpc) is 3.46. The van der Waals surface area contributed by atoms with Gasteiger partial charge in [0.25, 0.3) is 11.5 Å². The van der Waals surface area contributed by atoms with Gasteiger partial charge in [0.1, 0.15) is 12.1 Å². The third kappa shape index (κ3) is 6.08. The standard InChI is InChI=1S/C30H33F2N4O7PS/c31-30(32,44(41,42)43)20-6-8-24-19(13-20)14-25(45-24)27(38)34-22-4-2-1-3-17-5-7-23(36(15-17)28(22)39)29(40)35-12-10-21-18(16-35)9-11-33-26(21)37/h6,8-9,11,13-14,17,22-23H,1-5,7,10,12,15-16H2,(H,33,37)(H,34,38)(H2,41,42,43)/t17-,22?,23+/m1/s1. The number of piperidine rings is 1. The monoisotopic (exact) mass is 662 g/mol. The van der Waals surface area contributed by atoms with Crippen LogP contribution in [0.1, 0.15) is 64.9 Å². The summed E-state index contributed by atoms with van der Waals surface area (Å²) in [6.45, 7) is 1.06. The first-order valence-electron chi connectivity index (χ1n) is 14.9. The minimum Gasteiger partial charge on any atom is -0.340 e. The van der Waals surface area contributed by atoms with Gasteiger partial charge in [0, 0.05) is 41.7 Å². The number of amides is 3. The van der Waals surface area contributed by atoms with Crippen LogP contribution >= 0.6 is 18.9 Å². The van der Waals surface area contributed by atoms with Gasteiger partial charge in [0.15, 0.2) is 0 Å². The van der Waals surface area contributed by atoms with E-state index in [-0.39, 0.29) is 40.1 Å². The number of carbonyl (C=O) groups is 3. The topological polar surface area (TPSA) is 160 Å². The number of hydrogen-bond acceptors (Lipinski definition) is 6. The maximum Gasteiger partial charge on any atom is 0.399 e.